The third-order valence-electron chi connectivity index (χ3n) is 4.11. The molecule has 1 fully saturated rings. The second-order valence-electron chi connectivity index (χ2n) is 6.15. The van der Waals surface area contributed by atoms with Crippen molar-refractivity contribution in [3.8, 4) is 5.88 Å². The van der Waals surface area contributed by atoms with Crippen LogP contribution in [0.1, 0.15) is 30.1 Å². The number of ether oxygens (including phenoxy) is 1. The molecule has 7 nitrogen and oxygen atoms in total. The van der Waals surface area contributed by atoms with Crippen molar-refractivity contribution in [1.29, 1.82) is 0 Å². The highest BCUT2D eigenvalue weighted by Gasteiger charge is 2.26. The summed E-state index contributed by atoms with van der Waals surface area (Å²) in [5.74, 6) is 0.345. The number of pyridine rings is 2. The molecule has 0 spiro atoms. The molecule has 27 heavy (non-hydrogen) atoms. The monoisotopic (exact) mass is 408 g/mol. The highest BCUT2D eigenvalue weighted by atomic mass is 35.5. The maximum absolute atomic E-state index is 12.8. The van der Waals surface area contributed by atoms with Crippen molar-refractivity contribution in [1.82, 2.24) is 14.9 Å². The molecule has 1 aliphatic rings. The van der Waals surface area contributed by atoms with E-state index in [9.17, 15) is 9.59 Å². The van der Waals surface area contributed by atoms with Crippen molar-refractivity contribution in [2.75, 3.05) is 18.4 Å². The van der Waals surface area contributed by atoms with Gasteiger partial charge in [-0.1, -0.05) is 23.2 Å². The predicted octanol–water partition coefficient (Wildman–Crippen LogP) is 3.43. The first-order chi connectivity index (χ1) is 12.9. The van der Waals surface area contributed by atoms with Gasteiger partial charge in [-0.3, -0.25) is 9.59 Å². The molecule has 2 aromatic heterocycles. The van der Waals surface area contributed by atoms with Crippen LogP contribution in [0.5, 0.6) is 5.88 Å². The lowest BCUT2D eigenvalue weighted by Crippen LogP contribution is -2.42. The van der Waals surface area contributed by atoms with Crippen LogP contribution < -0.4 is 10.1 Å². The van der Waals surface area contributed by atoms with E-state index in [-0.39, 0.29) is 22.9 Å². The van der Waals surface area contributed by atoms with Gasteiger partial charge < -0.3 is 15.0 Å². The van der Waals surface area contributed by atoms with Gasteiger partial charge in [0.25, 0.3) is 5.91 Å². The number of amides is 2. The topological polar surface area (TPSA) is 84.4 Å². The molecule has 0 radical (unpaired) electrons. The highest BCUT2D eigenvalue weighted by Crippen LogP contribution is 2.23. The van der Waals surface area contributed by atoms with E-state index in [0.717, 1.165) is 0 Å². The zero-order chi connectivity index (χ0) is 19.4. The summed E-state index contributed by atoms with van der Waals surface area (Å²) in [4.78, 5) is 33.8. The van der Waals surface area contributed by atoms with Crippen LogP contribution in [0, 0.1) is 0 Å². The van der Waals surface area contributed by atoms with E-state index in [1.165, 1.54) is 25.4 Å². The predicted molar refractivity (Wildman–Crippen MR) is 102 cm³/mol. The zero-order valence-electron chi connectivity index (χ0n) is 14.6. The molecule has 1 saturated heterocycles. The number of halogens is 2. The van der Waals surface area contributed by atoms with Crippen molar-refractivity contribution in [3.63, 3.8) is 0 Å². The first kappa shape index (κ1) is 19.4. The Labute approximate surface area is 166 Å². The Bertz CT molecular complexity index is 837. The van der Waals surface area contributed by atoms with E-state index in [1.807, 2.05) is 0 Å². The van der Waals surface area contributed by atoms with E-state index in [4.69, 9.17) is 27.9 Å². The number of hydrogen-bond acceptors (Lipinski definition) is 5. The lowest BCUT2D eigenvalue weighted by Gasteiger charge is -2.32. The van der Waals surface area contributed by atoms with Crippen LogP contribution in [0.15, 0.2) is 30.6 Å². The Hall–Kier alpha value is -2.38. The zero-order valence-corrected chi connectivity index (χ0v) is 16.1. The molecular weight excluding hydrogens is 391 g/mol. The summed E-state index contributed by atoms with van der Waals surface area (Å²) in [6, 6.07) is 4.94. The fraction of sp³-hybridized carbons (Fsp3) is 0.333. The number of carbonyl (C=O) groups is 2. The molecule has 1 N–H and O–H groups in total. The van der Waals surface area contributed by atoms with Gasteiger partial charge in [-0.15, -0.1) is 0 Å². The third kappa shape index (κ3) is 5.08. The van der Waals surface area contributed by atoms with Crippen molar-refractivity contribution < 1.29 is 14.3 Å². The Morgan fingerprint density at radius 2 is 1.93 bits per heavy atom. The molecule has 0 atom stereocenters. The van der Waals surface area contributed by atoms with Gasteiger partial charge in [0.05, 0.1) is 15.6 Å². The number of nitrogens with zero attached hydrogens (tertiary/aromatic N) is 3. The van der Waals surface area contributed by atoms with Crippen molar-refractivity contribution in [2.45, 2.75) is 25.9 Å². The van der Waals surface area contributed by atoms with Crippen LogP contribution >= 0.6 is 23.2 Å². The third-order valence-corrected chi connectivity index (χ3v) is 4.63. The number of aromatic nitrogens is 2. The molecule has 1 aliphatic heterocycles. The van der Waals surface area contributed by atoms with Crippen LogP contribution in [0.4, 0.5) is 5.82 Å². The summed E-state index contributed by atoms with van der Waals surface area (Å²) in [7, 11) is 0. The van der Waals surface area contributed by atoms with E-state index >= 15 is 0 Å². The summed E-state index contributed by atoms with van der Waals surface area (Å²) >= 11 is 11.9. The minimum Gasteiger partial charge on any atom is -0.474 e. The number of hydrogen-bond donors (Lipinski definition) is 1. The maximum atomic E-state index is 12.8. The summed E-state index contributed by atoms with van der Waals surface area (Å²) in [5.41, 5.74) is 0.314. The minimum absolute atomic E-state index is 0.0226. The van der Waals surface area contributed by atoms with E-state index in [1.54, 1.807) is 17.0 Å². The van der Waals surface area contributed by atoms with Crippen molar-refractivity contribution >= 4 is 40.8 Å². The van der Waals surface area contributed by atoms with E-state index in [2.05, 4.69) is 15.3 Å². The highest BCUT2D eigenvalue weighted by molar-refractivity contribution is 6.33. The number of likely N-dealkylation sites (tertiary alicyclic amines) is 1. The molecular formula is C18H18Cl2N4O3. The van der Waals surface area contributed by atoms with Crippen LogP contribution in [0.3, 0.4) is 0 Å². The average Bonchev–Trinajstić information content (AvgIpc) is 2.65. The maximum Gasteiger partial charge on any atom is 0.255 e. The first-order valence-corrected chi connectivity index (χ1v) is 9.18. The summed E-state index contributed by atoms with van der Waals surface area (Å²) in [5, 5.41) is 3.35. The summed E-state index contributed by atoms with van der Waals surface area (Å²) in [6.45, 7) is 2.44. The summed E-state index contributed by atoms with van der Waals surface area (Å²) < 4.78 is 5.84. The number of nitrogens with one attached hydrogen (secondary N) is 1. The average molecular weight is 409 g/mol. The Kier molecular flexibility index (Phi) is 6.13. The van der Waals surface area contributed by atoms with Gasteiger partial charge in [-0.2, -0.15) is 0 Å². The number of anilines is 1. The van der Waals surface area contributed by atoms with Crippen molar-refractivity contribution in [3.05, 3.63) is 46.2 Å². The second kappa shape index (κ2) is 8.54. The smallest absolute Gasteiger partial charge is 0.255 e. The van der Waals surface area contributed by atoms with E-state index in [0.29, 0.717) is 48.2 Å². The minimum atomic E-state index is -0.267. The standard InChI is InChI=1S/C18H18Cl2N4O3/c1-11(25)23-16-8-14(15(20)10-21-16)18(26)24-6-4-13(5-7-24)27-17-3-2-12(19)9-22-17/h2-3,8-10,13H,4-7H2,1H3,(H,21,23,25). The second-order valence-corrected chi connectivity index (χ2v) is 7.00. The molecule has 142 valence electrons. The molecule has 0 bridgehead atoms. The normalized spacial score (nSPS) is 14.7. The van der Waals surface area contributed by atoms with Gasteiger partial charge in [0.2, 0.25) is 11.8 Å². The van der Waals surface area contributed by atoms with Gasteiger partial charge in [0.15, 0.2) is 0 Å². The Morgan fingerprint density at radius 3 is 2.56 bits per heavy atom. The van der Waals surface area contributed by atoms with Crippen LogP contribution in [0.2, 0.25) is 10.0 Å². The lowest BCUT2D eigenvalue weighted by molar-refractivity contribution is -0.114. The van der Waals surface area contributed by atoms with Crippen LogP contribution in [-0.2, 0) is 4.79 Å². The lowest BCUT2D eigenvalue weighted by atomic mass is 10.1. The fourth-order valence-corrected chi connectivity index (χ4v) is 3.10. The number of carbonyl (C=O) groups excluding carboxylic acids is 2. The quantitative estimate of drug-likeness (QED) is 0.837. The van der Waals surface area contributed by atoms with Crippen LogP contribution in [-0.4, -0.2) is 45.9 Å². The SMILES string of the molecule is CC(=O)Nc1cc(C(=O)N2CCC(Oc3ccc(Cl)cn3)CC2)c(Cl)cn1. The van der Waals surface area contributed by atoms with Gasteiger partial charge in [-0.05, 0) is 12.1 Å². The molecule has 3 heterocycles. The molecule has 0 unspecified atom stereocenters. The molecule has 2 amide bonds. The molecule has 3 rings (SSSR count). The van der Waals surface area contributed by atoms with Gasteiger partial charge in [0.1, 0.15) is 11.9 Å². The molecule has 2 aromatic rings. The molecule has 0 aliphatic carbocycles. The number of rotatable bonds is 4. The largest absolute Gasteiger partial charge is 0.474 e. The van der Waals surface area contributed by atoms with Gasteiger partial charge >= 0.3 is 0 Å². The first-order valence-electron chi connectivity index (χ1n) is 8.43. The van der Waals surface area contributed by atoms with Gasteiger partial charge in [0, 0.05) is 51.3 Å². The molecule has 9 heteroatoms. The van der Waals surface area contributed by atoms with Gasteiger partial charge in [-0.25, -0.2) is 9.97 Å². The number of piperidine rings is 1. The fourth-order valence-electron chi connectivity index (χ4n) is 2.80. The Balaban J connectivity index is 1.61. The molecule has 0 saturated carbocycles. The molecule has 0 aromatic carbocycles. The van der Waals surface area contributed by atoms with Crippen molar-refractivity contribution in [2.24, 2.45) is 0 Å². The van der Waals surface area contributed by atoms with E-state index < -0.39 is 0 Å². The van der Waals surface area contributed by atoms with Crippen LogP contribution in [0.25, 0.3) is 0 Å². The summed E-state index contributed by atoms with van der Waals surface area (Å²) in [6.07, 6.45) is 4.23. The Morgan fingerprint density at radius 1 is 1.19 bits per heavy atom.